The number of aryl methyl sites for hydroxylation is 4. The molecule has 4 rings (SSSR count). The number of hydrogen-bond acceptors (Lipinski definition) is 2. The second kappa shape index (κ2) is 5.06. The summed E-state index contributed by atoms with van der Waals surface area (Å²) >= 11 is 0. The third-order valence-corrected chi connectivity index (χ3v) is 4.65. The molecule has 4 heteroatoms. The molecule has 120 valence electrons. The van der Waals surface area contributed by atoms with Crippen LogP contribution in [0, 0.1) is 13.8 Å². The Bertz CT molecular complexity index is 1140. The van der Waals surface area contributed by atoms with Crippen LogP contribution in [0.15, 0.2) is 47.4 Å². The van der Waals surface area contributed by atoms with Gasteiger partial charge in [0.05, 0.1) is 16.7 Å². The summed E-state index contributed by atoms with van der Waals surface area (Å²) in [5.41, 5.74) is 6.35. The van der Waals surface area contributed by atoms with Crippen molar-refractivity contribution in [3.63, 3.8) is 0 Å². The van der Waals surface area contributed by atoms with E-state index >= 15 is 0 Å². The highest BCUT2D eigenvalue weighted by Crippen LogP contribution is 2.30. The van der Waals surface area contributed by atoms with Gasteiger partial charge in [0.1, 0.15) is 0 Å². The fourth-order valence-electron chi connectivity index (χ4n) is 3.51. The van der Waals surface area contributed by atoms with Gasteiger partial charge < -0.3 is 0 Å². The number of imidazole rings is 1. The molecule has 4 nitrogen and oxygen atoms in total. The molecule has 0 aliphatic heterocycles. The summed E-state index contributed by atoms with van der Waals surface area (Å²) in [6, 6.07) is 12.6. The summed E-state index contributed by atoms with van der Waals surface area (Å²) in [4.78, 5) is 16.9. The molecule has 0 spiro atoms. The molecule has 0 atom stereocenters. The van der Waals surface area contributed by atoms with Gasteiger partial charge in [-0.25, -0.2) is 4.79 Å². The standard InChI is InChI=1S/C20H19N3O/c1-12-7-13(2)9-15(8-12)19-16-11-18-17(10-14(16)5-6-21-19)22(3)20(24)23(18)4/h5-11H,1-4H3. The maximum absolute atomic E-state index is 12.2. The highest BCUT2D eigenvalue weighted by atomic mass is 16.1. The lowest BCUT2D eigenvalue weighted by molar-refractivity contribution is 0.795. The molecular formula is C20H19N3O. The number of nitrogens with zero attached hydrogens (tertiary/aromatic N) is 3. The van der Waals surface area contributed by atoms with E-state index in [9.17, 15) is 4.79 Å². The fraction of sp³-hybridized carbons (Fsp3) is 0.200. The predicted octanol–water partition coefficient (Wildman–Crippen LogP) is 3.71. The van der Waals surface area contributed by atoms with Crippen LogP contribution in [0.5, 0.6) is 0 Å². The van der Waals surface area contributed by atoms with Crippen LogP contribution in [0.4, 0.5) is 0 Å². The Hall–Kier alpha value is -2.88. The maximum Gasteiger partial charge on any atom is 0.328 e. The fourth-order valence-corrected chi connectivity index (χ4v) is 3.51. The first-order valence-corrected chi connectivity index (χ1v) is 7.98. The summed E-state index contributed by atoms with van der Waals surface area (Å²) in [5, 5.41) is 2.16. The van der Waals surface area contributed by atoms with Crippen molar-refractivity contribution in [1.29, 1.82) is 0 Å². The van der Waals surface area contributed by atoms with Gasteiger partial charge in [-0.05, 0) is 49.6 Å². The SMILES string of the molecule is Cc1cc(C)cc(-c2nccc3cc4c(cc23)n(C)c(=O)n4C)c1. The Balaban J connectivity index is 2.12. The highest BCUT2D eigenvalue weighted by molar-refractivity contribution is 6.02. The molecule has 2 heterocycles. The van der Waals surface area contributed by atoms with Crippen LogP contribution in [-0.2, 0) is 14.1 Å². The minimum Gasteiger partial charge on any atom is -0.295 e. The van der Waals surface area contributed by atoms with Crippen LogP contribution in [0.1, 0.15) is 11.1 Å². The third-order valence-electron chi connectivity index (χ3n) is 4.65. The number of aromatic nitrogens is 3. The molecule has 0 saturated heterocycles. The zero-order valence-corrected chi connectivity index (χ0v) is 14.3. The Morgan fingerprint density at radius 1 is 0.875 bits per heavy atom. The van der Waals surface area contributed by atoms with Crippen molar-refractivity contribution in [2.75, 3.05) is 0 Å². The molecule has 0 fully saturated rings. The molecule has 2 aromatic carbocycles. The van der Waals surface area contributed by atoms with Gasteiger partial charge in [-0.3, -0.25) is 14.1 Å². The first kappa shape index (κ1) is 14.7. The molecule has 0 unspecified atom stereocenters. The molecule has 0 amide bonds. The second-order valence-electron chi connectivity index (χ2n) is 6.50. The first-order valence-electron chi connectivity index (χ1n) is 7.98. The van der Waals surface area contributed by atoms with Gasteiger partial charge in [0.2, 0.25) is 0 Å². The largest absolute Gasteiger partial charge is 0.328 e. The Labute approximate surface area is 140 Å². The maximum atomic E-state index is 12.2. The van der Waals surface area contributed by atoms with Gasteiger partial charge in [0, 0.05) is 31.2 Å². The van der Waals surface area contributed by atoms with E-state index in [1.165, 1.54) is 11.1 Å². The number of hydrogen-bond donors (Lipinski definition) is 0. The minimum absolute atomic E-state index is 0.0128. The molecule has 2 aromatic heterocycles. The summed E-state index contributed by atoms with van der Waals surface area (Å²) in [6.07, 6.45) is 1.84. The zero-order valence-electron chi connectivity index (χ0n) is 14.3. The number of pyridine rings is 1. The van der Waals surface area contributed by atoms with E-state index in [-0.39, 0.29) is 5.69 Å². The predicted molar refractivity (Wildman–Crippen MR) is 98.4 cm³/mol. The van der Waals surface area contributed by atoms with Crippen molar-refractivity contribution in [2.45, 2.75) is 13.8 Å². The van der Waals surface area contributed by atoms with E-state index in [0.29, 0.717) is 0 Å². The zero-order chi connectivity index (χ0) is 17.0. The van der Waals surface area contributed by atoms with Gasteiger partial charge in [-0.15, -0.1) is 0 Å². The minimum atomic E-state index is -0.0128. The van der Waals surface area contributed by atoms with E-state index in [1.54, 1.807) is 9.13 Å². The molecule has 24 heavy (non-hydrogen) atoms. The second-order valence-corrected chi connectivity index (χ2v) is 6.50. The van der Waals surface area contributed by atoms with Crippen molar-refractivity contribution < 1.29 is 0 Å². The molecular weight excluding hydrogens is 298 g/mol. The molecule has 0 radical (unpaired) electrons. The summed E-state index contributed by atoms with van der Waals surface area (Å²) < 4.78 is 3.37. The van der Waals surface area contributed by atoms with Gasteiger partial charge in [0.15, 0.2) is 0 Å². The van der Waals surface area contributed by atoms with E-state index in [0.717, 1.165) is 33.1 Å². The van der Waals surface area contributed by atoms with Crippen molar-refractivity contribution in [2.24, 2.45) is 14.1 Å². The van der Waals surface area contributed by atoms with E-state index in [1.807, 2.05) is 26.4 Å². The van der Waals surface area contributed by atoms with Gasteiger partial charge in [-0.2, -0.15) is 0 Å². The molecule has 4 aromatic rings. The van der Waals surface area contributed by atoms with Gasteiger partial charge in [0.25, 0.3) is 0 Å². The topological polar surface area (TPSA) is 39.8 Å². The Morgan fingerprint density at radius 3 is 2.17 bits per heavy atom. The third kappa shape index (κ3) is 2.07. The number of rotatable bonds is 1. The van der Waals surface area contributed by atoms with Crippen LogP contribution in [-0.4, -0.2) is 14.1 Å². The average Bonchev–Trinajstić information content (AvgIpc) is 2.76. The van der Waals surface area contributed by atoms with Crippen molar-refractivity contribution in [3.05, 3.63) is 64.2 Å². The van der Waals surface area contributed by atoms with Crippen LogP contribution in [0.25, 0.3) is 33.1 Å². The quantitative estimate of drug-likeness (QED) is 0.537. The van der Waals surface area contributed by atoms with E-state index in [4.69, 9.17) is 0 Å². The Kier molecular flexibility index (Phi) is 3.10. The highest BCUT2D eigenvalue weighted by Gasteiger charge is 2.12. The smallest absolute Gasteiger partial charge is 0.295 e. The molecule has 0 aliphatic carbocycles. The van der Waals surface area contributed by atoms with Crippen LogP contribution < -0.4 is 5.69 Å². The monoisotopic (exact) mass is 317 g/mol. The normalized spacial score (nSPS) is 11.5. The summed E-state index contributed by atoms with van der Waals surface area (Å²) in [6.45, 7) is 4.20. The number of fused-ring (bicyclic) bond motifs is 2. The Morgan fingerprint density at radius 2 is 1.50 bits per heavy atom. The van der Waals surface area contributed by atoms with Crippen LogP contribution >= 0.6 is 0 Å². The lowest BCUT2D eigenvalue weighted by atomic mass is 10.00. The number of benzene rings is 2. The lowest BCUT2D eigenvalue weighted by Crippen LogP contribution is -2.19. The lowest BCUT2D eigenvalue weighted by Gasteiger charge is -2.09. The first-order chi connectivity index (χ1) is 11.5. The average molecular weight is 317 g/mol. The van der Waals surface area contributed by atoms with Gasteiger partial charge in [-0.1, -0.05) is 17.2 Å². The van der Waals surface area contributed by atoms with Crippen molar-refractivity contribution in [3.8, 4) is 11.3 Å². The van der Waals surface area contributed by atoms with Crippen molar-refractivity contribution >= 4 is 21.8 Å². The van der Waals surface area contributed by atoms with Crippen LogP contribution in [0.2, 0.25) is 0 Å². The van der Waals surface area contributed by atoms with E-state index < -0.39 is 0 Å². The molecule has 0 saturated carbocycles. The molecule has 0 N–H and O–H groups in total. The van der Waals surface area contributed by atoms with Gasteiger partial charge >= 0.3 is 5.69 Å². The van der Waals surface area contributed by atoms with Crippen LogP contribution in [0.3, 0.4) is 0 Å². The summed E-state index contributed by atoms with van der Waals surface area (Å²) in [7, 11) is 3.62. The van der Waals surface area contributed by atoms with E-state index in [2.05, 4.69) is 49.2 Å². The molecule has 0 aliphatic rings. The molecule has 0 bridgehead atoms. The van der Waals surface area contributed by atoms with Crippen molar-refractivity contribution in [1.82, 2.24) is 14.1 Å². The summed E-state index contributed by atoms with van der Waals surface area (Å²) in [5.74, 6) is 0.